The molecule has 0 aromatic heterocycles. The summed E-state index contributed by atoms with van der Waals surface area (Å²) in [4.78, 5) is 0. The second-order valence-electron chi connectivity index (χ2n) is 8.39. The monoisotopic (exact) mass is 460 g/mol. The first-order chi connectivity index (χ1) is 16.7. The number of hydrogen-bond acceptors (Lipinski definition) is 5. The van der Waals surface area contributed by atoms with Gasteiger partial charge >= 0.3 is 0 Å². The van der Waals surface area contributed by atoms with Crippen LogP contribution in [0.15, 0.2) is 104 Å². The Hall–Kier alpha value is -2.80. The molecule has 1 aliphatic heterocycles. The maximum atomic E-state index is 11.1. The van der Waals surface area contributed by atoms with E-state index in [9.17, 15) is 5.11 Å². The first-order valence-electron chi connectivity index (χ1n) is 11.6. The van der Waals surface area contributed by atoms with Crippen LogP contribution in [-0.2, 0) is 38.8 Å². The summed E-state index contributed by atoms with van der Waals surface area (Å²) in [7, 11) is 0. The van der Waals surface area contributed by atoms with Crippen molar-refractivity contribution in [2.45, 2.75) is 50.3 Å². The topological polar surface area (TPSA) is 57.2 Å². The van der Waals surface area contributed by atoms with Crippen LogP contribution in [0.4, 0.5) is 0 Å². The standard InChI is InChI=1S/C29H32O5/c1-2-25-27(30)29(33-20-24-16-10-5-11-17-24)28(32-19-23-14-8-4-9-15-23)26(34-25)21-31-18-22-12-6-3-7-13-22/h2-17,25-30H,1,18-21H2/t25-,26-,27-,28-,29-/m1/s1. The Kier molecular flexibility index (Phi) is 9.02. The quantitative estimate of drug-likeness (QED) is 0.421. The molecule has 4 rings (SSSR count). The number of ether oxygens (including phenoxy) is 4. The SMILES string of the molecule is C=C[C@H]1O[C@H](COCc2ccccc2)[C@@H](OCc2ccccc2)[C@H](OCc2ccccc2)[C@@H]1O. The third kappa shape index (κ3) is 6.63. The zero-order valence-corrected chi connectivity index (χ0v) is 19.2. The Morgan fingerprint density at radius 3 is 1.68 bits per heavy atom. The van der Waals surface area contributed by atoms with Crippen LogP contribution < -0.4 is 0 Å². The minimum absolute atomic E-state index is 0.302. The van der Waals surface area contributed by atoms with Gasteiger partial charge in [-0.05, 0) is 16.7 Å². The molecule has 0 amide bonds. The third-order valence-electron chi connectivity index (χ3n) is 5.89. The van der Waals surface area contributed by atoms with Crippen LogP contribution in [0.25, 0.3) is 0 Å². The van der Waals surface area contributed by atoms with Crippen molar-refractivity contribution in [1.29, 1.82) is 0 Å². The summed E-state index contributed by atoms with van der Waals surface area (Å²) < 4.78 is 24.8. The van der Waals surface area contributed by atoms with E-state index >= 15 is 0 Å². The molecule has 0 aliphatic carbocycles. The number of benzene rings is 3. The van der Waals surface area contributed by atoms with Gasteiger partial charge in [-0.3, -0.25) is 0 Å². The van der Waals surface area contributed by atoms with E-state index < -0.39 is 30.5 Å². The average molecular weight is 461 g/mol. The fourth-order valence-electron chi connectivity index (χ4n) is 4.08. The molecule has 3 aromatic carbocycles. The predicted octanol–water partition coefficient (Wildman–Crippen LogP) is 4.69. The van der Waals surface area contributed by atoms with Gasteiger partial charge in [0.1, 0.15) is 30.5 Å². The van der Waals surface area contributed by atoms with E-state index in [-0.39, 0.29) is 0 Å². The summed E-state index contributed by atoms with van der Waals surface area (Å²) in [6.07, 6.45) is -1.44. The fraction of sp³-hybridized carbons (Fsp3) is 0.310. The highest BCUT2D eigenvalue weighted by Gasteiger charge is 2.46. The maximum absolute atomic E-state index is 11.1. The van der Waals surface area contributed by atoms with E-state index in [1.54, 1.807) is 6.08 Å². The van der Waals surface area contributed by atoms with Gasteiger partial charge in [0.2, 0.25) is 0 Å². The molecule has 1 heterocycles. The number of rotatable bonds is 11. The molecule has 0 unspecified atom stereocenters. The molecule has 5 atom stereocenters. The lowest BCUT2D eigenvalue weighted by atomic mass is 9.94. The third-order valence-corrected chi connectivity index (χ3v) is 5.89. The van der Waals surface area contributed by atoms with Gasteiger partial charge in [0.25, 0.3) is 0 Å². The van der Waals surface area contributed by atoms with E-state index in [1.165, 1.54) is 0 Å². The maximum Gasteiger partial charge on any atom is 0.115 e. The van der Waals surface area contributed by atoms with Crippen molar-refractivity contribution in [3.63, 3.8) is 0 Å². The number of hydrogen-bond donors (Lipinski definition) is 1. The second kappa shape index (κ2) is 12.6. The highest BCUT2D eigenvalue weighted by atomic mass is 16.6. The van der Waals surface area contributed by atoms with Gasteiger partial charge in [-0.25, -0.2) is 0 Å². The predicted molar refractivity (Wildman–Crippen MR) is 131 cm³/mol. The summed E-state index contributed by atoms with van der Waals surface area (Å²) in [6, 6.07) is 29.8. The van der Waals surface area contributed by atoms with E-state index in [0.29, 0.717) is 26.4 Å². The fourth-order valence-corrected chi connectivity index (χ4v) is 4.08. The zero-order valence-electron chi connectivity index (χ0n) is 19.2. The van der Waals surface area contributed by atoms with Crippen molar-refractivity contribution >= 4 is 0 Å². The molecule has 0 spiro atoms. The largest absolute Gasteiger partial charge is 0.387 e. The first-order valence-corrected chi connectivity index (χ1v) is 11.6. The van der Waals surface area contributed by atoms with Crippen molar-refractivity contribution < 1.29 is 24.1 Å². The summed E-state index contributed by atoms with van der Waals surface area (Å²) in [5, 5.41) is 11.1. The summed E-state index contributed by atoms with van der Waals surface area (Å²) in [6.45, 7) is 5.34. The highest BCUT2D eigenvalue weighted by Crippen LogP contribution is 2.29. The lowest BCUT2D eigenvalue weighted by Gasteiger charge is -2.43. The molecule has 0 saturated carbocycles. The second-order valence-corrected chi connectivity index (χ2v) is 8.39. The van der Waals surface area contributed by atoms with Crippen molar-refractivity contribution in [3.8, 4) is 0 Å². The van der Waals surface area contributed by atoms with Crippen molar-refractivity contribution in [2.75, 3.05) is 6.61 Å². The summed E-state index contributed by atoms with van der Waals surface area (Å²) in [5.41, 5.74) is 3.14. The molecular weight excluding hydrogens is 428 g/mol. The van der Waals surface area contributed by atoms with Gasteiger partial charge in [0.15, 0.2) is 0 Å². The first kappa shape index (κ1) is 24.3. The molecule has 34 heavy (non-hydrogen) atoms. The van der Waals surface area contributed by atoms with Crippen LogP contribution in [0.1, 0.15) is 16.7 Å². The molecule has 5 heteroatoms. The van der Waals surface area contributed by atoms with Crippen molar-refractivity contribution in [3.05, 3.63) is 120 Å². The molecule has 1 aliphatic rings. The molecule has 1 saturated heterocycles. The number of aliphatic hydroxyl groups is 1. The van der Waals surface area contributed by atoms with E-state index in [0.717, 1.165) is 16.7 Å². The van der Waals surface area contributed by atoms with Gasteiger partial charge in [-0.15, -0.1) is 6.58 Å². The molecule has 3 aromatic rings. The Morgan fingerprint density at radius 2 is 1.18 bits per heavy atom. The summed E-state index contributed by atoms with van der Waals surface area (Å²) in [5.74, 6) is 0. The Morgan fingerprint density at radius 1 is 0.706 bits per heavy atom. The van der Waals surface area contributed by atoms with Crippen LogP contribution in [-0.4, -0.2) is 42.2 Å². The highest BCUT2D eigenvalue weighted by molar-refractivity contribution is 5.15. The van der Waals surface area contributed by atoms with E-state index in [1.807, 2.05) is 91.0 Å². The minimum atomic E-state index is -0.910. The molecule has 0 radical (unpaired) electrons. The lowest BCUT2D eigenvalue weighted by molar-refractivity contribution is -0.251. The van der Waals surface area contributed by atoms with Crippen LogP contribution >= 0.6 is 0 Å². The lowest BCUT2D eigenvalue weighted by Crippen LogP contribution is -2.59. The Bertz CT molecular complexity index is 979. The molecule has 5 nitrogen and oxygen atoms in total. The van der Waals surface area contributed by atoms with Crippen LogP contribution in [0.3, 0.4) is 0 Å². The molecular formula is C29H32O5. The van der Waals surface area contributed by atoms with E-state index in [2.05, 4.69) is 6.58 Å². The molecule has 1 fully saturated rings. The van der Waals surface area contributed by atoms with Crippen molar-refractivity contribution in [2.24, 2.45) is 0 Å². The average Bonchev–Trinajstić information content (AvgIpc) is 2.89. The van der Waals surface area contributed by atoms with Gasteiger partial charge in [0, 0.05) is 0 Å². The summed E-state index contributed by atoms with van der Waals surface area (Å²) >= 11 is 0. The molecule has 178 valence electrons. The number of aliphatic hydroxyl groups excluding tert-OH is 1. The van der Waals surface area contributed by atoms with Crippen LogP contribution in [0.2, 0.25) is 0 Å². The van der Waals surface area contributed by atoms with E-state index in [4.69, 9.17) is 18.9 Å². The van der Waals surface area contributed by atoms with Gasteiger partial charge in [-0.1, -0.05) is 97.1 Å². The van der Waals surface area contributed by atoms with Crippen LogP contribution in [0.5, 0.6) is 0 Å². The smallest absolute Gasteiger partial charge is 0.115 e. The zero-order chi connectivity index (χ0) is 23.6. The molecule has 0 bridgehead atoms. The van der Waals surface area contributed by atoms with Crippen molar-refractivity contribution in [1.82, 2.24) is 0 Å². The normalized spacial score (nSPS) is 24.6. The van der Waals surface area contributed by atoms with Gasteiger partial charge < -0.3 is 24.1 Å². The van der Waals surface area contributed by atoms with Crippen LogP contribution in [0, 0.1) is 0 Å². The Balaban J connectivity index is 1.49. The Labute approximate surface area is 201 Å². The minimum Gasteiger partial charge on any atom is -0.387 e. The molecule has 1 N–H and O–H groups in total. The van der Waals surface area contributed by atoms with Gasteiger partial charge in [0.05, 0.1) is 26.4 Å². The van der Waals surface area contributed by atoms with Gasteiger partial charge in [-0.2, -0.15) is 0 Å².